The highest BCUT2D eigenvalue weighted by molar-refractivity contribution is 6.07. The number of hydrogen-bond donors (Lipinski definition) is 1. The van der Waals surface area contributed by atoms with Gasteiger partial charge in [0.05, 0.1) is 0 Å². The number of benzene rings is 2. The van der Waals surface area contributed by atoms with Crippen LogP contribution < -0.4 is 10.5 Å². The van der Waals surface area contributed by atoms with Crippen LogP contribution in [0.5, 0.6) is 5.75 Å². The molecule has 0 unspecified atom stereocenters. The number of aliphatic imine (C=N–C) groups is 1. The number of fused-ring (bicyclic) bond motifs is 2. The van der Waals surface area contributed by atoms with E-state index in [4.69, 9.17) is 15.2 Å². The first-order chi connectivity index (χ1) is 14.9. The Morgan fingerprint density at radius 2 is 2.06 bits per heavy atom. The van der Waals surface area contributed by atoms with Crippen molar-refractivity contribution in [2.75, 3.05) is 20.8 Å². The summed E-state index contributed by atoms with van der Waals surface area (Å²) in [4.78, 5) is 31.2. The topological polar surface area (TPSA) is 94.2 Å². The van der Waals surface area contributed by atoms with Gasteiger partial charge in [0.25, 0.3) is 5.91 Å². The quantitative estimate of drug-likeness (QED) is 0.571. The predicted octanol–water partition coefficient (Wildman–Crippen LogP) is 3.12. The fourth-order valence-electron chi connectivity index (χ4n) is 4.34. The molecule has 1 spiro atoms. The molecule has 2 atom stereocenters. The standard InChI is InChI=1S/C24H27N3O4/c1-15(28)16-6-4-7-17(12-16)18-9-10-21-20(13-18)24(22(29)27(2)23(25)26-24)14-19(31-21)8-5-11-30-3/h4,6-7,9-10,12-13,19H,5,8,11,14H2,1-3H3,(H2,25,26)/t19-,24+/m1/s1. The Morgan fingerprint density at radius 1 is 1.29 bits per heavy atom. The molecule has 7 heteroatoms. The number of nitrogens with zero attached hydrogens (tertiary/aromatic N) is 2. The van der Waals surface area contributed by atoms with Crippen LogP contribution in [0, 0.1) is 0 Å². The fraction of sp³-hybridized carbons (Fsp3) is 0.375. The highest BCUT2D eigenvalue weighted by Gasteiger charge is 2.53. The van der Waals surface area contributed by atoms with Gasteiger partial charge in [-0.25, -0.2) is 4.99 Å². The summed E-state index contributed by atoms with van der Waals surface area (Å²) >= 11 is 0. The van der Waals surface area contributed by atoms with E-state index in [-0.39, 0.29) is 23.8 Å². The van der Waals surface area contributed by atoms with E-state index >= 15 is 0 Å². The van der Waals surface area contributed by atoms with Crippen molar-refractivity contribution >= 4 is 17.6 Å². The molecule has 31 heavy (non-hydrogen) atoms. The SMILES string of the molecule is COCCC[C@@H]1C[C@]2(N=C(N)N(C)C2=O)c2cc(-c3cccc(C(C)=O)c3)ccc2O1. The third kappa shape index (κ3) is 3.70. The Morgan fingerprint density at radius 3 is 2.74 bits per heavy atom. The molecule has 2 heterocycles. The van der Waals surface area contributed by atoms with Crippen LogP contribution in [0.4, 0.5) is 0 Å². The average Bonchev–Trinajstić information content (AvgIpc) is 2.98. The van der Waals surface area contributed by atoms with E-state index in [1.807, 2.05) is 36.4 Å². The van der Waals surface area contributed by atoms with E-state index in [0.717, 1.165) is 24.0 Å². The second kappa shape index (κ2) is 8.15. The van der Waals surface area contributed by atoms with E-state index in [1.54, 1.807) is 27.1 Å². The van der Waals surface area contributed by atoms with Crippen molar-refractivity contribution in [2.45, 2.75) is 37.8 Å². The molecule has 2 aliphatic rings. The Bertz CT molecular complexity index is 1060. The molecule has 2 aromatic carbocycles. The molecule has 162 valence electrons. The van der Waals surface area contributed by atoms with Gasteiger partial charge < -0.3 is 15.2 Å². The molecule has 0 aromatic heterocycles. The number of methoxy groups -OCH3 is 1. The molecule has 0 saturated heterocycles. The lowest BCUT2D eigenvalue weighted by Gasteiger charge is -2.37. The van der Waals surface area contributed by atoms with Crippen LogP contribution in [0.15, 0.2) is 47.5 Å². The van der Waals surface area contributed by atoms with Gasteiger partial charge in [-0.2, -0.15) is 0 Å². The van der Waals surface area contributed by atoms with Gasteiger partial charge in [-0.1, -0.05) is 24.3 Å². The Hall–Kier alpha value is -3.19. The smallest absolute Gasteiger partial charge is 0.261 e. The number of Topliss-reactive ketones (excluding diaryl/α,β-unsaturated/α-hetero) is 1. The number of carbonyl (C=O) groups is 2. The zero-order chi connectivity index (χ0) is 22.2. The van der Waals surface area contributed by atoms with E-state index in [9.17, 15) is 9.59 Å². The first-order valence-electron chi connectivity index (χ1n) is 10.4. The Balaban J connectivity index is 1.79. The van der Waals surface area contributed by atoms with Gasteiger partial charge in [-0.15, -0.1) is 0 Å². The minimum absolute atomic E-state index is 0.00323. The molecule has 7 nitrogen and oxygen atoms in total. The van der Waals surface area contributed by atoms with Gasteiger partial charge in [0.2, 0.25) is 0 Å². The normalized spacial score (nSPS) is 22.3. The number of amides is 1. The lowest BCUT2D eigenvalue weighted by Crippen LogP contribution is -2.45. The highest BCUT2D eigenvalue weighted by Crippen LogP contribution is 2.47. The second-order valence-electron chi connectivity index (χ2n) is 8.12. The van der Waals surface area contributed by atoms with Crippen LogP contribution in [0.25, 0.3) is 11.1 Å². The van der Waals surface area contributed by atoms with Gasteiger partial charge in [0, 0.05) is 38.3 Å². The zero-order valence-corrected chi connectivity index (χ0v) is 18.1. The van der Waals surface area contributed by atoms with Gasteiger partial charge in [-0.3, -0.25) is 14.5 Å². The molecular formula is C24H27N3O4. The Labute approximate surface area is 181 Å². The zero-order valence-electron chi connectivity index (χ0n) is 18.1. The van der Waals surface area contributed by atoms with Crippen molar-refractivity contribution in [1.29, 1.82) is 0 Å². The minimum atomic E-state index is -1.10. The number of likely N-dealkylation sites (N-methyl/N-ethyl adjacent to an activating group) is 1. The molecule has 1 amide bonds. The molecule has 2 N–H and O–H groups in total. The highest BCUT2D eigenvalue weighted by atomic mass is 16.5. The summed E-state index contributed by atoms with van der Waals surface area (Å²) in [5.41, 5.74) is 8.08. The number of hydrogen-bond acceptors (Lipinski definition) is 6. The molecular weight excluding hydrogens is 394 g/mol. The van der Waals surface area contributed by atoms with Crippen LogP contribution in [0.2, 0.25) is 0 Å². The van der Waals surface area contributed by atoms with E-state index < -0.39 is 5.54 Å². The van der Waals surface area contributed by atoms with E-state index in [0.29, 0.717) is 29.9 Å². The number of guanidine groups is 1. The number of rotatable bonds is 6. The molecule has 0 aliphatic carbocycles. The van der Waals surface area contributed by atoms with Gasteiger partial charge >= 0.3 is 0 Å². The van der Waals surface area contributed by atoms with Crippen molar-refractivity contribution < 1.29 is 19.1 Å². The maximum absolute atomic E-state index is 13.3. The second-order valence-corrected chi connectivity index (χ2v) is 8.12. The van der Waals surface area contributed by atoms with Crippen molar-refractivity contribution in [2.24, 2.45) is 10.7 Å². The van der Waals surface area contributed by atoms with Gasteiger partial charge in [0.15, 0.2) is 17.3 Å². The van der Waals surface area contributed by atoms with Crippen molar-refractivity contribution in [3.05, 3.63) is 53.6 Å². The number of ketones is 1. The summed E-state index contributed by atoms with van der Waals surface area (Å²) in [7, 11) is 3.31. The van der Waals surface area contributed by atoms with Crippen molar-refractivity contribution in [3.63, 3.8) is 0 Å². The monoisotopic (exact) mass is 421 g/mol. The maximum atomic E-state index is 13.3. The predicted molar refractivity (Wildman–Crippen MR) is 118 cm³/mol. The van der Waals surface area contributed by atoms with Crippen molar-refractivity contribution in [3.8, 4) is 16.9 Å². The molecule has 2 aliphatic heterocycles. The number of carbonyl (C=O) groups excluding carboxylic acids is 2. The summed E-state index contributed by atoms with van der Waals surface area (Å²) in [6, 6.07) is 13.2. The first-order valence-corrected chi connectivity index (χ1v) is 10.4. The largest absolute Gasteiger partial charge is 0.490 e. The third-order valence-corrected chi connectivity index (χ3v) is 6.03. The average molecular weight is 421 g/mol. The first kappa shape index (κ1) is 21.1. The molecule has 2 aromatic rings. The maximum Gasteiger partial charge on any atom is 0.261 e. The lowest BCUT2D eigenvalue weighted by atomic mass is 9.79. The molecule has 0 bridgehead atoms. The molecule has 0 saturated carbocycles. The van der Waals surface area contributed by atoms with Crippen molar-refractivity contribution in [1.82, 2.24) is 4.90 Å². The van der Waals surface area contributed by atoms with Crippen LogP contribution >= 0.6 is 0 Å². The summed E-state index contributed by atoms with van der Waals surface area (Å²) in [6.07, 6.45) is 1.83. The summed E-state index contributed by atoms with van der Waals surface area (Å²) in [5.74, 6) is 0.697. The van der Waals surface area contributed by atoms with Crippen LogP contribution in [-0.4, -0.2) is 49.4 Å². The summed E-state index contributed by atoms with van der Waals surface area (Å²) < 4.78 is 11.4. The van der Waals surface area contributed by atoms with Gasteiger partial charge in [-0.05, 0) is 49.1 Å². The molecule has 0 fully saturated rings. The molecule has 4 rings (SSSR count). The summed E-state index contributed by atoms with van der Waals surface area (Å²) in [5, 5.41) is 0. The fourth-order valence-corrected chi connectivity index (χ4v) is 4.34. The van der Waals surface area contributed by atoms with Crippen LogP contribution in [0.1, 0.15) is 42.1 Å². The minimum Gasteiger partial charge on any atom is -0.490 e. The third-order valence-electron chi connectivity index (χ3n) is 6.03. The number of nitrogens with two attached hydrogens (primary N) is 1. The van der Waals surface area contributed by atoms with Gasteiger partial charge in [0.1, 0.15) is 11.9 Å². The molecule has 0 radical (unpaired) electrons. The van der Waals surface area contributed by atoms with E-state index in [1.165, 1.54) is 4.90 Å². The van der Waals surface area contributed by atoms with Crippen LogP contribution in [-0.2, 0) is 15.1 Å². The van der Waals surface area contributed by atoms with Crippen LogP contribution in [0.3, 0.4) is 0 Å². The van der Waals surface area contributed by atoms with E-state index in [2.05, 4.69) is 4.99 Å². The number of ether oxygens (including phenoxy) is 2. The Kier molecular flexibility index (Phi) is 5.54. The summed E-state index contributed by atoms with van der Waals surface area (Å²) in [6.45, 7) is 2.17. The lowest BCUT2D eigenvalue weighted by molar-refractivity contribution is -0.132.